The number of alkyl halides is 3. The first-order valence-electron chi connectivity index (χ1n) is 10.6. The highest BCUT2D eigenvalue weighted by molar-refractivity contribution is 5.94. The van der Waals surface area contributed by atoms with Crippen LogP contribution in [0.5, 0.6) is 11.5 Å². The highest BCUT2D eigenvalue weighted by atomic mass is 19.4. The van der Waals surface area contributed by atoms with E-state index in [1.165, 1.54) is 0 Å². The molecule has 0 saturated carbocycles. The number of ether oxygens (including phenoxy) is 3. The summed E-state index contributed by atoms with van der Waals surface area (Å²) in [4.78, 5) is 16.6. The summed E-state index contributed by atoms with van der Waals surface area (Å²) in [7, 11) is 0. The number of aromatic nitrogens is 1. The largest absolute Gasteiger partial charge is 0.490 e. The van der Waals surface area contributed by atoms with Crippen LogP contribution in [-0.2, 0) is 24.5 Å². The SMILES string of the molecule is CCOc1cc(C(=O)NCc2ccc(COCC(F)(F)F)cc2)ccc1OCc1ccncc1. The normalized spacial score (nSPS) is 11.2. The average molecular weight is 474 g/mol. The van der Waals surface area contributed by atoms with Crippen molar-refractivity contribution in [3.63, 3.8) is 0 Å². The summed E-state index contributed by atoms with van der Waals surface area (Å²) in [6.45, 7) is 1.43. The molecule has 1 aromatic heterocycles. The second-order valence-corrected chi connectivity index (χ2v) is 7.35. The maximum absolute atomic E-state index is 12.6. The third-order valence-corrected chi connectivity index (χ3v) is 4.66. The van der Waals surface area contributed by atoms with E-state index in [1.54, 1.807) is 54.9 Å². The second kappa shape index (κ2) is 12.0. The minimum Gasteiger partial charge on any atom is -0.490 e. The van der Waals surface area contributed by atoms with Crippen molar-refractivity contribution in [2.24, 2.45) is 0 Å². The molecule has 3 aromatic rings. The van der Waals surface area contributed by atoms with Gasteiger partial charge in [-0.15, -0.1) is 0 Å². The van der Waals surface area contributed by atoms with Crippen LogP contribution in [0.3, 0.4) is 0 Å². The summed E-state index contributed by atoms with van der Waals surface area (Å²) in [6, 6.07) is 15.5. The molecule has 0 radical (unpaired) electrons. The lowest BCUT2D eigenvalue weighted by Gasteiger charge is -2.14. The summed E-state index contributed by atoms with van der Waals surface area (Å²) >= 11 is 0. The number of amides is 1. The van der Waals surface area contributed by atoms with E-state index in [4.69, 9.17) is 9.47 Å². The molecular formula is C25H25F3N2O4. The van der Waals surface area contributed by atoms with Gasteiger partial charge in [0.2, 0.25) is 0 Å². The van der Waals surface area contributed by atoms with Gasteiger partial charge in [0.05, 0.1) is 13.2 Å². The zero-order valence-corrected chi connectivity index (χ0v) is 18.6. The monoisotopic (exact) mass is 474 g/mol. The van der Waals surface area contributed by atoms with Crippen molar-refractivity contribution in [3.05, 3.63) is 89.2 Å². The van der Waals surface area contributed by atoms with Gasteiger partial charge in [-0.1, -0.05) is 24.3 Å². The highest BCUT2D eigenvalue weighted by Gasteiger charge is 2.27. The van der Waals surface area contributed by atoms with Gasteiger partial charge in [-0.2, -0.15) is 13.2 Å². The van der Waals surface area contributed by atoms with Gasteiger partial charge in [0, 0.05) is 24.5 Å². The van der Waals surface area contributed by atoms with Gasteiger partial charge in [0.15, 0.2) is 11.5 Å². The molecule has 34 heavy (non-hydrogen) atoms. The number of carbonyl (C=O) groups is 1. The second-order valence-electron chi connectivity index (χ2n) is 7.35. The molecule has 1 amide bonds. The minimum atomic E-state index is -4.35. The lowest BCUT2D eigenvalue weighted by Crippen LogP contribution is -2.22. The Balaban J connectivity index is 1.55. The molecule has 0 fully saturated rings. The third-order valence-electron chi connectivity index (χ3n) is 4.66. The van der Waals surface area contributed by atoms with E-state index in [1.807, 2.05) is 19.1 Å². The molecule has 0 saturated heterocycles. The fraction of sp³-hybridized carbons (Fsp3) is 0.280. The van der Waals surface area contributed by atoms with E-state index in [-0.39, 0.29) is 19.1 Å². The van der Waals surface area contributed by atoms with Crippen LogP contribution in [0.15, 0.2) is 67.0 Å². The summed E-state index contributed by atoms with van der Waals surface area (Å²) in [5.41, 5.74) is 2.78. The van der Waals surface area contributed by atoms with Crippen LogP contribution < -0.4 is 14.8 Å². The van der Waals surface area contributed by atoms with E-state index < -0.39 is 12.8 Å². The first-order chi connectivity index (χ1) is 16.3. The Morgan fingerprint density at radius 2 is 1.56 bits per heavy atom. The summed E-state index contributed by atoms with van der Waals surface area (Å²) in [5.74, 6) is 0.699. The Morgan fingerprint density at radius 3 is 2.24 bits per heavy atom. The van der Waals surface area contributed by atoms with Gasteiger partial charge < -0.3 is 19.5 Å². The summed E-state index contributed by atoms with van der Waals surface area (Å²) in [6.07, 6.45) is -0.980. The molecule has 0 aliphatic rings. The third kappa shape index (κ3) is 8.08. The van der Waals surface area contributed by atoms with Gasteiger partial charge >= 0.3 is 6.18 Å². The van der Waals surface area contributed by atoms with Gasteiger partial charge in [-0.25, -0.2) is 0 Å². The van der Waals surface area contributed by atoms with Gasteiger partial charge in [-0.05, 0) is 53.9 Å². The average Bonchev–Trinajstić information content (AvgIpc) is 2.82. The molecule has 0 unspecified atom stereocenters. The number of halogens is 3. The number of benzene rings is 2. The molecule has 3 rings (SSSR count). The first kappa shape index (κ1) is 25.0. The first-order valence-corrected chi connectivity index (χ1v) is 10.6. The van der Waals surface area contributed by atoms with E-state index in [0.29, 0.717) is 35.8 Å². The molecular weight excluding hydrogens is 449 g/mol. The van der Waals surface area contributed by atoms with Crippen molar-refractivity contribution in [1.82, 2.24) is 10.3 Å². The van der Waals surface area contributed by atoms with Gasteiger partial charge in [0.1, 0.15) is 13.2 Å². The quantitative estimate of drug-likeness (QED) is 0.420. The zero-order chi connectivity index (χ0) is 24.4. The maximum atomic E-state index is 12.6. The van der Waals surface area contributed by atoms with E-state index in [0.717, 1.165) is 11.1 Å². The molecule has 6 nitrogen and oxygen atoms in total. The van der Waals surface area contributed by atoms with Crippen LogP contribution in [0.4, 0.5) is 13.2 Å². The standard InChI is InChI=1S/C25H25F3N2O4/c1-2-33-23-13-21(7-8-22(23)34-16-20-9-11-29-12-10-20)24(31)30-14-18-3-5-19(6-4-18)15-32-17-25(26,27)28/h3-13H,2,14-17H2,1H3,(H,30,31). The maximum Gasteiger partial charge on any atom is 0.411 e. The van der Waals surface area contributed by atoms with Crippen LogP contribution in [-0.4, -0.2) is 30.3 Å². The fourth-order valence-electron chi connectivity index (χ4n) is 3.00. The molecule has 0 bridgehead atoms. The molecule has 0 aliphatic heterocycles. The van der Waals surface area contributed by atoms with Crippen molar-refractivity contribution in [2.75, 3.05) is 13.2 Å². The van der Waals surface area contributed by atoms with Crippen molar-refractivity contribution in [1.29, 1.82) is 0 Å². The van der Waals surface area contributed by atoms with Crippen LogP contribution in [0, 0.1) is 0 Å². The molecule has 0 aliphatic carbocycles. The van der Waals surface area contributed by atoms with Crippen LogP contribution in [0.1, 0.15) is 34.0 Å². The molecule has 1 heterocycles. The number of carbonyl (C=O) groups excluding carboxylic acids is 1. The Bertz CT molecular complexity index is 1060. The topological polar surface area (TPSA) is 69.7 Å². The van der Waals surface area contributed by atoms with Crippen LogP contribution in [0.2, 0.25) is 0 Å². The van der Waals surface area contributed by atoms with Gasteiger partial charge in [0.25, 0.3) is 5.91 Å². The van der Waals surface area contributed by atoms with E-state index >= 15 is 0 Å². The Labute approximate surface area is 195 Å². The number of hydrogen-bond acceptors (Lipinski definition) is 5. The van der Waals surface area contributed by atoms with Crippen molar-refractivity contribution in [3.8, 4) is 11.5 Å². The van der Waals surface area contributed by atoms with Crippen molar-refractivity contribution >= 4 is 5.91 Å². The van der Waals surface area contributed by atoms with Crippen LogP contribution in [0.25, 0.3) is 0 Å². The highest BCUT2D eigenvalue weighted by Crippen LogP contribution is 2.29. The predicted octanol–water partition coefficient (Wildman–Crippen LogP) is 5.07. The van der Waals surface area contributed by atoms with Crippen molar-refractivity contribution in [2.45, 2.75) is 32.9 Å². The lowest BCUT2D eigenvalue weighted by atomic mass is 10.1. The van der Waals surface area contributed by atoms with Gasteiger partial charge in [-0.3, -0.25) is 9.78 Å². The summed E-state index contributed by atoms with van der Waals surface area (Å²) in [5, 5.41) is 2.82. The van der Waals surface area contributed by atoms with E-state index in [2.05, 4.69) is 15.0 Å². The Hall–Kier alpha value is -3.59. The number of rotatable bonds is 11. The summed E-state index contributed by atoms with van der Waals surface area (Å²) < 4.78 is 52.6. The minimum absolute atomic E-state index is 0.137. The van der Waals surface area contributed by atoms with Crippen LogP contribution >= 0.6 is 0 Å². The molecule has 180 valence electrons. The Morgan fingerprint density at radius 1 is 0.882 bits per heavy atom. The molecule has 2 aromatic carbocycles. The number of hydrogen-bond donors (Lipinski definition) is 1. The smallest absolute Gasteiger partial charge is 0.411 e. The Kier molecular flexibility index (Phi) is 8.86. The number of pyridine rings is 1. The van der Waals surface area contributed by atoms with E-state index in [9.17, 15) is 18.0 Å². The molecule has 1 N–H and O–H groups in total. The number of nitrogens with one attached hydrogen (secondary N) is 1. The molecule has 9 heteroatoms. The molecule has 0 spiro atoms. The van der Waals surface area contributed by atoms with Crippen molar-refractivity contribution < 1.29 is 32.2 Å². The fourth-order valence-corrected chi connectivity index (χ4v) is 3.00. The zero-order valence-electron chi connectivity index (χ0n) is 18.6. The number of nitrogens with zero attached hydrogens (tertiary/aromatic N) is 1. The predicted molar refractivity (Wildman–Crippen MR) is 120 cm³/mol. The lowest BCUT2D eigenvalue weighted by molar-refractivity contribution is -0.176. The molecule has 0 atom stereocenters.